The van der Waals surface area contributed by atoms with Gasteiger partial charge in [0.25, 0.3) is 0 Å². The molecular formula is C11H20N4O2. The van der Waals surface area contributed by atoms with Crippen molar-refractivity contribution in [2.75, 3.05) is 6.61 Å². The zero-order chi connectivity index (χ0) is 13.0. The van der Waals surface area contributed by atoms with Gasteiger partial charge in [0.2, 0.25) is 5.88 Å². The Kier molecular flexibility index (Phi) is 4.37. The van der Waals surface area contributed by atoms with Crippen LogP contribution in [0.15, 0.2) is 5.16 Å². The van der Waals surface area contributed by atoms with Crippen LogP contribution in [0.3, 0.4) is 0 Å². The van der Waals surface area contributed by atoms with Gasteiger partial charge < -0.3 is 15.7 Å². The number of aryl methyl sites for hydroxylation is 2. The van der Waals surface area contributed by atoms with E-state index >= 15 is 0 Å². The van der Waals surface area contributed by atoms with Gasteiger partial charge in [-0.15, -0.1) is 0 Å². The number of nitrogens with two attached hydrogens (primary N) is 1. The van der Waals surface area contributed by atoms with Crippen LogP contribution in [0.1, 0.15) is 31.5 Å². The van der Waals surface area contributed by atoms with Gasteiger partial charge in [0, 0.05) is 7.05 Å². The third kappa shape index (κ3) is 3.12. The molecule has 0 spiro atoms. The summed E-state index contributed by atoms with van der Waals surface area (Å²) in [6, 6.07) is 0. The fourth-order valence-electron chi connectivity index (χ4n) is 1.54. The summed E-state index contributed by atoms with van der Waals surface area (Å²) in [6.45, 7) is 6.63. The van der Waals surface area contributed by atoms with Crippen molar-refractivity contribution >= 4 is 5.84 Å². The molecule has 0 amide bonds. The van der Waals surface area contributed by atoms with Crippen molar-refractivity contribution in [3.8, 4) is 5.88 Å². The summed E-state index contributed by atoms with van der Waals surface area (Å²) < 4.78 is 7.25. The second kappa shape index (κ2) is 5.56. The zero-order valence-corrected chi connectivity index (χ0v) is 10.8. The van der Waals surface area contributed by atoms with Gasteiger partial charge in [0.15, 0.2) is 5.84 Å². The summed E-state index contributed by atoms with van der Waals surface area (Å²) in [7, 11) is 1.77. The van der Waals surface area contributed by atoms with E-state index < -0.39 is 0 Å². The fourth-order valence-corrected chi connectivity index (χ4v) is 1.54. The number of rotatable bonds is 5. The van der Waals surface area contributed by atoms with Gasteiger partial charge >= 0.3 is 0 Å². The molecule has 6 heteroatoms. The molecule has 6 nitrogen and oxygen atoms in total. The third-order valence-corrected chi connectivity index (χ3v) is 2.47. The van der Waals surface area contributed by atoms with Gasteiger partial charge in [-0.05, 0) is 19.3 Å². The average molecular weight is 240 g/mol. The Hall–Kier alpha value is -1.72. The smallest absolute Gasteiger partial charge is 0.223 e. The molecule has 0 unspecified atom stereocenters. The standard InChI is InChI=1S/C11H20N4O2/c1-7(2)5-6-17-11-9(10(12)14-16)8(3)13-15(11)4/h7,16H,5-6H2,1-4H3,(H2,12,14). The molecule has 17 heavy (non-hydrogen) atoms. The lowest BCUT2D eigenvalue weighted by atomic mass is 10.1. The maximum atomic E-state index is 8.73. The van der Waals surface area contributed by atoms with E-state index in [9.17, 15) is 0 Å². The van der Waals surface area contributed by atoms with Gasteiger partial charge in [0.1, 0.15) is 5.56 Å². The van der Waals surface area contributed by atoms with Gasteiger partial charge in [-0.1, -0.05) is 19.0 Å². The second-order valence-corrected chi connectivity index (χ2v) is 4.41. The number of aromatic nitrogens is 2. The molecule has 0 saturated heterocycles. The Morgan fingerprint density at radius 1 is 1.59 bits per heavy atom. The minimum absolute atomic E-state index is 0.0233. The number of oxime groups is 1. The van der Waals surface area contributed by atoms with Crippen molar-refractivity contribution in [3.05, 3.63) is 11.3 Å². The molecule has 1 aromatic rings. The largest absolute Gasteiger partial charge is 0.477 e. The summed E-state index contributed by atoms with van der Waals surface area (Å²) in [6.07, 6.45) is 0.944. The van der Waals surface area contributed by atoms with Crippen LogP contribution in [0.4, 0.5) is 0 Å². The predicted molar refractivity (Wildman–Crippen MR) is 65.4 cm³/mol. The van der Waals surface area contributed by atoms with E-state index in [1.165, 1.54) is 0 Å². The predicted octanol–water partition coefficient (Wildman–Crippen LogP) is 1.25. The van der Waals surface area contributed by atoms with E-state index in [4.69, 9.17) is 15.7 Å². The Balaban J connectivity index is 2.90. The quantitative estimate of drug-likeness (QED) is 0.351. The molecule has 0 bridgehead atoms. The SMILES string of the molecule is Cc1nn(C)c(OCCC(C)C)c1C(N)=NO. The highest BCUT2D eigenvalue weighted by atomic mass is 16.5. The van der Waals surface area contributed by atoms with Crippen molar-refractivity contribution in [2.45, 2.75) is 27.2 Å². The van der Waals surface area contributed by atoms with Gasteiger partial charge in [-0.25, -0.2) is 4.68 Å². The lowest BCUT2D eigenvalue weighted by Crippen LogP contribution is -2.16. The summed E-state index contributed by atoms with van der Waals surface area (Å²) in [5, 5.41) is 15.9. The number of amidine groups is 1. The van der Waals surface area contributed by atoms with Crippen molar-refractivity contribution < 1.29 is 9.94 Å². The lowest BCUT2D eigenvalue weighted by molar-refractivity contribution is 0.266. The van der Waals surface area contributed by atoms with Crippen LogP contribution < -0.4 is 10.5 Å². The Bertz CT molecular complexity index is 410. The first-order valence-corrected chi connectivity index (χ1v) is 5.61. The lowest BCUT2D eigenvalue weighted by Gasteiger charge is -2.09. The molecule has 0 radical (unpaired) electrons. The normalized spacial score (nSPS) is 12.2. The van der Waals surface area contributed by atoms with Crippen molar-refractivity contribution in [1.29, 1.82) is 0 Å². The monoisotopic (exact) mass is 240 g/mol. The highest BCUT2D eigenvalue weighted by Gasteiger charge is 2.18. The van der Waals surface area contributed by atoms with E-state index in [2.05, 4.69) is 24.1 Å². The molecule has 0 aliphatic rings. The molecule has 0 atom stereocenters. The van der Waals surface area contributed by atoms with Crippen LogP contribution in [0, 0.1) is 12.8 Å². The number of ether oxygens (including phenoxy) is 1. The van der Waals surface area contributed by atoms with E-state index in [1.54, 1.807) is 18.7 Å². The van der Waals surface area contributed by atoms with E-state index in [1.807, 2.05) is 0 Å². The van der Waals surface area contributed by atoms with Crippen LogP contribution in [0.5, 0.6) is 5.88 Å². The summed E-state index contributed by atoms with van der Waals surface area (Å²) in [5.74, 6) is 1.13. The van der Waals surface area contributed by atoms with Crippen molar-refractivity contribution in [2.24, 2.45) is 23.9 Å². The van der Waals surface area contributed by atoms with Crippen LogP contribution in [0.25, 0.3) is 0 Å². The first-order chi connectivity index (χ1) is 7.97. The second-order valence-electron chi connectivity index (χ2n) is 4.41. The third-order valence-electron chi connectivity index (χ3n) is 2.47. The van der Waals surface area contributed by atoms with Gasteiger partial charge in [-0.2, -0.15) is 5.10 Å². The summed E-state index contributed by atoms with van der Waals surface area (Å²) >= 11 is 0. The molecule has 0 saturated carbocycles. The summed E-state index contributed by atoms with van der Waals surface area (Å²) in [5.41, 5.74) is 6.84. The van der Waals surface area contributed by atoms with Gasteiger partial charge in [-0.3, -0.25) is 0 Å². The Morgan fingerprint density at radius 3 is 2.76 bits per heavy atom. The molecule has 0 aromatic carbocycles. The van der Waals surface area contributed by atoms with Crippen LogP contribution in [-0.2, 0) is 7.05 Å². The summed E-state index contributed by atoms with van der Waals surface area (Å²) in [4.78, 5) is 0. The highest BCUT2D eigenvalue weighted by molar-refractivity contribution is 6.00. The van der Waals surface area contributed by atoms with Crippen molar-refractivity contribution in [1.82, 2.24) is 9.78 Å². The molecule has 0 fully saturated rings. The fraction of sp³-hybridized carbons (Fsp3) is 0.636. The minimum atomic E-state index is 0.0233. The molecule has 96 valence electrons. The molecular weight excluding hydrogens is 220 g/mol. The number of hydrogen-bond donors (Lipinski definition) is 2. The minimum Gasteiger partial charge on any atom is -0.477 e. The first-order valence-electron chi connectivity index (χ1n) is 5.61. The maximum Gasteiger partial charge on any atom is 0.223 e. The molecule has 1 rings (SSSR count). The van der Waals surface area contributed by atoms with E-state index in [-0.39, 0.29) is 5.84 Å². The molecule has 1 aromatic heterocycles. The van der Waals surface area contributed by atoms with Gasteiger partial charge in [0.05, 0.1) is 12.3 Å². The first kappa shape index (κ1) is 13.3. The van der Waals surface area contributed by atoms with Crippen molar-refractivity contribution in [3.63, 3.8) is 0 Å². The van der Waals surface area contributed by atoms with E-state index in [0.717, 1.165) is 6.42 Å². The maximum absolute atomic E-state index is 8.73. The Morgan fingerprint density at radius 2 is 2.24 bits per heavy atom. The highest BCUT2D eigenvalue weighted by Crippen LogP contribution is 2.21. The zero-order valence-electron chi connectivity index (χ0n) is 10.8. The molecule has 3 N–H and O–H groups in total. The molecule has 1 heterocycles. The average Bonchev–Trinajstić information content (AvgIpc) is 2.52. The number of nitrogens with zero attached hydrogens (tertiary/aromatic N) is 3. The van der Waals surface area contributed by atoms with E-state index in [0.29, 0.717) is 29.7 Å². The number of hydrogen-bond acceptors (Lipinski definition) is 4. The Labute approximate surface area is 101 Å². The topological polar surface area (TPSA) is 85.7 Å². The van der Waals surface area contributed by atoms with Crippen LogP contribution in [0.2, 0.25) is 0 Å². The van der Waals surface area contributed by atoms with Crippen LogP contribution in [-0.4, -0.2) is 27.4 Å². The molecule has 0 aliphatic heterocycles. The van der Waals surface area contributed by atoms with Crippen LogP contribution >= 0.6 is 0 Å². The molecule has 0 aliphatic carbocycles.